The minimum absolute atomic E-state index is 0.211. The van der Waals surface area contributed by atoms with Crippen LogP contribution in [0.4, 0.5) is 15.8 Å². The molecule has 4 nitrogen and oxygen atoms in total. The number of hydrogen-bond donors (Lipinski definition) is 0. The number of nitrogens with zero attached hydrogens (tertiary/aromatic N) is 2. The Labute approximate surface area is 167 Å². The fraction of sp³-hybridized carbons (Fsp3) is 0.125. The Morgan fingerprint density at radius 3 is 2.66 bits per heavy atom. The molecule has 0 fully saturated rings. The first kappa shape index (κ1) is 16.5. The first-order valence-corrected chi connectivity index (χ1v) is 9.52. The molecule has 5 heteroatoms. The van der Waals surface area contributed by atoms with Gasteiger partial charge in [-0.25, -0.2) is 4.39 Å². The third-order valence-corrected chi connectivity index (χ3v) is 6.08. The summed E-state index contributed by atoms with van der Waals surface area (Å²) in [6.45, 7) is 0. The lowest BCUT2D eigenvalue weighted by atomic mass is 9.83. The molecule has 142 valence electrons. The van der Waals surface area contributed by atoms with Crippen LogP contribution in [0.1, 0.15) is 28.5 Å². The summed E-state index contributed by atoms with van der Waals surface area (Å²) < 4.78 is 21.0. The lowest BCUT2D eigenvalue weighted by Gasteiger charge is -2.46. The highest BCUT2D eigenvalue weighted by Crippen LogP contribution is 2.56. The monoisotopic (exact) mass is 384 g/mol. The Morgan fingerprint density at radius 2 is 1.76 bits per heavy atom. The number of fused-ring (bicyclic) bond motifs is 8. The molecular formula is C24H17FN2O2. The largest absolute Gasteiger partial charge is 0.328 e. The maximum absolute atomic E-state index is 14.3. The number of hydrogen-bond acceptors (Lipinski definition) is 3. The molecule has 0 aliphatic carbocycles. The fourth-order valence-corrected chi connectivity index (χ4v) is 4.75. The van der Waals surface area contributed by atoms with Crippen LogP contribution in [0.3, 0.4) is 0 Å². The van der Waals surface area contributed by atoms with Crippen molar-refractivity contribution in [1.82, 2.24) is 0 Å². The van der Waals surface area contributed by atoms with E-state index in [0.29, 0.717) is 11.3 Å². The third kappa shape index (κ3) is 1.97. The van der Waals surface area contributed by atoms with Gasteiger partial charge in [0.25, 0.3) is 5.91 Å². The predicted molar refractivity (Wildman–Crippen MR) is 109 cm³/mol. The minimum atomic E-state index is -1.39. The number of benzene rings is 3. The number of ether oxygens (including phenoxy) is 1. The summed E-state index contributed by atoms with van der Waals surface area (Å²) in [5, 5.41) is 0. The van der Waals surface area contributed by atoms with E-state index in [0.717, 1.165) is 22.4 Å². The van der Waals surface area contributed by atoms with Crippen LogP contribution in [0.15, 0.2) is 72.9 Å². The number of amides is 1. The molecule has 0 aromatic heterocycles. The average Bonchev–Trinajstić information content (AvgIpc) is 2.96. The van der Waals surface area contributed by atoms with Crippen molar-refractivity contribution in [2.24, 2.45) is 0 Å². The topological polar surface area (TPSA) is 32.8 Å². The standard InChI is InChI=1S/C24H17FN2O2/c1-26-20-11-10-16(25)14-19(20)24(23(26)28)18-8-4-5-9-21(18)27-13-12-15-6-2-3-7-17(15)22(27)29-24/h2-14,22H,1H3. The molecule has 2 unspecified atom stereocenters. The van der Waals surface area contributed by atoms with Crippen LogP contribution in [0.5, 0.6) is 0 Å². The van der Waals surface area contributed by atoms with Gasteiger partial charge in [-0.2, -0.15) is 0 Å². The molecule has 0 saturated heterocycles. The van der Waals surface area contributed by atoms with Gasteiger partial charge >= 0.3 is 0 Å². The molecule has 1 amide bonds. The quantitative estimate of drug-likeness (QED) is 0.569. The van der Waals surface area contributed by atoms with Gasteiger partial charge in [0, 0.05) is 29.9 Å². The van der Waals surface area contributed by atoms with Crippen LogP contribution in [-0.4, -0.2) is 13.0 Å². The highest BCUT2D eigenvalue weighted by molar-refractivity contribution is 6.10. The first-order valence-electron chi connectivity index (χ1n) is 9.52. The zero-order chi connectivity index (χ0) is 19.8. The highest BCUT2D eigenvalue weighted by atomic mass is 19.1. The second-order valence-corrected chi connectivity index (χ2v) is 7.55. The van der Waals surface area contributed by atoms with Crippen LogP contribution in [0.25, 0.3) is 6.08 Å². The van der Waals surface area contributed by atoms with E-state index < -0.39 is 17.6 Å². The van der Waals surface area contributed by atoms with Gasteiger partial charge in [0.05, 0.1) is 11.4 Å². The number of carbonyl (C=O) groups is 1. The Hall–Kier alpha value is -3.44. The summed E-state index contributed by atoms with van der Waals surface area (Å²) in [6.07, 6.45) is 3.53. The van der Waals surface area contributed by atoms with Crippen molar-refractivity contribution in [3.8, 4) is 0 Å². The van der Waals surface area contributed by atoms with E-state index in [1.807, 2.05) is 65.7 Å². The summed E-state index contributed by atoms with van der Waals surface area (Å²) in [5.41, 5.74) is 3.45. The number of carbonyl (C=O) groups excluding carboxylic acids is 1. The number of halogens is 1. The Morgan fingerprint density at radius 1 is 0.966 bits per heavy atom. The third-order valence-electron chi connectivity index (χ3n) is 6.08. The van der Waals surface area contributed by atoms with Gasteiger partial charge < -0.3 is 14.5 Å². The van der Waals surface area contributed by atoms with Gasteiger partial charge in [0.1, 0.15) is 5.82 Å². The van der Waals surface area contributed by atoms with Crippen LogP contribution in [0.2, 0.25) is 0 Å². The van der Waals surface area contributed by atoms with E-state index in [1.54, 1.807) is 18.0 Å². The van der Waals surface area contributed by atoms with E-state index in [9.17, 15) is 9.18 Å². The van der Waals surface area contributed by atoms with Crippen LogP contribution >= 0.6 is 0 Å². The Kier molecular flexibility index (Phi) is 3.16. The molecule has 3 aliphatic heterocycles. The zero-order valence-corrected chi connectivity index (χ0v) is 15.7. The van der Waals surface area contributed by atoms with Gasteiger partial charge in [-0.1, -0.05) is 42.5 Å². The maximum atomic E-state index is 14.3. The van der Waals surface area contributed by atoms with E-state index >= 15 is 0 Å². The van der Waals surface area contributed by atoms with Crippen molar-refractivity contribution in [3.63, 3.8) is 0 Å². The summed E-state index contributed by atoms with van der Waals surface area (Å²) >= 11 is 0. The molecule has 1 spiro atoms. The second-order valence-electron chi connectivity index (χ2n) is 7.55. The van der Waals surface area contributed by atoms with Crippen LogP contribution in [0, 0.1) is 5.82 Å². The molecule has 0 N–H and O–H groups in total. The number of anilines is 2. The van der Waals surface area contributed by atoms with Crippen molar-refractivity contribution < 1.29 is 13.9 Å². The summed E-state index contributed by atoms with van der Waals surface area (Å²) in [4.78, 5) is 17.2. The predicted octanol–water partition coefficient (Wildman–Crippen LogP) is 4.57. The summed E-state index contributed by atoms with van der Waals surface area (Å²) in [7, 11) is 1.71. The van der Waals surface area contributed by atoms with Gasteiger partial charge in [-0.15, -0.1) is 0 Å². The van der Waals surface area contributed by atoms with Gasteiger partial charge in [0.2, 0.25) is 5.60 Å². The Bertz CT molecular complexity index is 1220. The van der Waals surface area contributed by atoms with E-state index in [-0.39, 0.29) is 5.91 Å². The van der Waals surface area contributed by atoms with Crippen molar-refractivity contribution in [2.45, 2.75) is 11.8 Å². The smallest absolute Gasteiger partial charge is 0.268 e. The Balaban J connectivity index is 1.68. The van der Waals surface area contributed by atoms with Crippen molar-refractivity contribution in [2.75, 3.05) is 16.8 Å². The van der Waals surface area contributed by atoms with Gasteiger partial charge in [-0.3, -0.25) is 4.79 Å². The lowest BCUT2D eigenvalue weighted by molar-refractivity contribution is -0.147. The van der Waals surface area contributed by atoms with Crippen LogP contribution in [-0.2, 0) is 15.1 Å². The van der Waals surface area contributed by atoms with Gasteiger partial charge in [-0.05, 0) is 35.9 Å². The normalized spacial score (nSPS) is 23.7. The van der Waals surface area contributed by atoms with Crippen molar-refractivity contribution in [3.05, 3.63) is 101 Å². The van der Waals surface area contributed by atoms with Crippen molar-refractivity contribution >= 4 is 23.4 Å². The van der Waals surface area contributed by atoms with Crippen molar-refractivity contribution in [1.29, 1.82) is 0 Å². The SMILES string of the molecule is CN1C(=O)C2(OC3c4ccccc4C=CN3c3ccccc32)c2cc(F)ccc21. The second kappa shape index (κ2) is 5.55. The highest BCUT2D eigenvalue weighted by Gasteiger charge is 2.58. The number of para-hydroxylation sites is 1. The molecule has 0 radical (unpaired) electrons. The molecule has 3 aromatic carbocycles. The molecule has 3 aliphatic rings. The molecule has 2 atom stereocenters. The molecular weight excluding hydrogens is 367 g/mol. The number of rotatable bonds is 0. The molecule has 6 rings (SSSR count). The minimum Gasteiger partial charge on any atom is -0.328 e. The maximum Gasteiger partial charge on any atom is 0.268 e. The number of likely N-dealkylation sites (N-methyl/N-ethyl adjacent to an activating group) is 1. The van der Waals surface area contributed by atoms with Gasteiger partial charge in [0.15, 0.2) is 6.23 Å². The molecule has 0 bridgehead atoms. The lowest BCUT2D eigenvalue weighted by Crippen LogP contribution is -2.49. The fourth-order valence-electron chi connectivity index (χ4n) is 4.75. The van der Waals surface area contributed by atoms with Crippen LogP contribution < -0.4 is 9.80 Å². The zero-order valence-electron chi connectivity index (χ0n) is 15.7. The van der Waals surface area contributed by atoms with E-state index in [2.05, 4.69) is 0 Å². The van der Waals surface area contributed by atoms with E-state index in [1.165, 1.54) is 12.1 Å². The molecule has 29 heavy (non-hydrogen) atoms. The molecule has 3 heterocycles. The molecule has 0 saturated carbocycles. The first-order chi connectivity index (χ1) is 14.1. The molecule has 3 aromatic rings. The van der Waals surface area contributed by atoms with E-state index in [4.69, 9.17) is 4.74 Å². The summed E-state index contributed by atoms with van der Waals surface area (Å²) in [5.74, 6) is -0.601. The average molecular weight is 384 g/mol. The summed E-state index contributed by atoms with van der Waals surface area (Å²) in [6, 6.07) is 20.1.